The maximum atomic E-state index is 12.3. The Morgan fingerprint density at radius 1 is 1.48 bits per heavy atom. The van der Waals surface area contributed by atoms with Crippen molar-refractivity contribution in [3.63, 3.8) is 0 Å². The van der Waals surface area contributed by atoms with E-state index in [1.807, 2.05) is 0 Å². The molecule has 118 valence electrons. The summed E-state index contributed by atoms with van der Waals surface area (Å²) in [5, 5.41) is 8.95. The third-order valence-electron chi connectivity index (χ3n) is 3.17. The van der Waals surface area contributed by atoms with Gasteiger partial charge in [0.2, 0.25) is 15.9 Å². The Kier molecular flexibility index (Phi) is 6.21. The molecule has 0 fully saturated rings. The number of nitrogens with one attached hydrogen (secondary N) is 1. The predicted molar refractivity (Wildman–Crippen MR) is 83.9 cm³/mol. The molecule has 0 bridgehead atoms. The van der Waals surface area contributed by atoms with Crippen molar-refractivity contribution in [3.05, 3.63) is 29.3 Å². The molecule has 0 aromatic heterocycles. The van der Waals surface area contributed by atoms with Crippen LogP contribution in [0, 0.1) is 6.92 Å². The lowest BCUT2D eigenvalue weighted by atomic mass is 10.1. The van der Waals surface area contributed by atoms with Gasteiger partial charge in [0.05, 0.1) is 11.5 Å². The number of amides is 1. The summed E-state index contributed by atoms with van der Waals surface area (Å²) in [5.74, 6) is -0.671. The van der Waals surface area contributed by atoms with Crippen LogP contribution < -0.4 is 10.5 Å². The largest absolute Gasteiger partial charge is 0.395 e. The van der Waals surface area contributed by atoms with Gasteiger partial charge in [0.1, 0.15) is 0 Å². The van der Waals surface area contributed by atoms with Crippen molar-refractivity contribution in [2.45, 2.75) is 30.0 Å². The lowest BCUT2D eigenvalue weighted by Crippen LogP contribution is -2.41. The smallest absolute Gasteiger partial charge is 0.249 e. The maximum Gasteiger partial charge on any atom is 0.249 e. The van der Waals surface area contributed by atoms with Crippen LogP contribution in [0.4, 0.5) is 0 Å². The van der Waals surface area contributed by atoms with Crippen LogP contribution in [0.25, 0.3) is 0 Å². The number of nitrogens with two attached hydrogens (primary N) is 1. The highest BCUT2D eigenvalue weighted by Gasteiger charge is 2.23. The standard InChI is InChI=1S/C13H20N2O4S2/c1-8-4-5-10(6-11(8)13(14)17)21(18,19)15-9(2)12(7-16)20-3/h4-6,9,12,15-16H,7H2,1-3H3,(H2,14,17). The van der Waals surface area contributed by atoms with Crippen molar-refractivity contribution >= 4 is 27.7 Å². The number of benzene rings is 1. The van der Waals surface area contributed by atoms with E-state index in [-0.39, 0.29) is 22.3 Å². The molecular weight excluding hydrogens is 312 g/mol. The number of aryl methyl sites for hydroxylation is 1. The van der Waals surface area contributed by atoms with Gasteiger partial charge >= 0.3 is 0 Å². The second-order valence-corrected chi connectivity index (χ2v) is 7.50. The molecule has 6 nitrogen and oxygen atoms in total. The topological polar surface area (TPSA) is 109 Å². The molecule has 1 rings (SSSR count). The highest BCUT2D eigenvalue weighted by atomic mass is 32.2. The normalized spacial score (nSPS) is 14.7. The van der Waals surface area contributed by atoms with Crippen LogP contribution in [-0.4, -0.2) is 43.6 Å². The molecule has 0 saturated carbocycles. The molecular formula is C13H20N2O4S2. The number of carbonyl (C=O) groups is 1. The van der Waals surface area contributed by atoms with Gasteiger partial charge in [-0.25, -0.2) is 13.1 Å². The minimum absolute atomic E-state index is 0.0217. The van der Waals surface area contributed by atoms with Gasteiger partial charge in [-0.1, -0.05) is 6.07 Å². The van der Waals surface area contributed by atoms with Crippen LogP contribution in [0.1, 0.15) is 22.8 Å². The Balaban J connectivity index is 3.09. The first-order valence-electron chi connectivity index (χ1n) is 6.29. The molecule has 21 heavy (non-hydrogen) atoms. The van der Waals surface area contributed by atoms with Crippen molar-refractivity contribution in [3.8, 4) is 0 Å². The molecule has 4 N–H and O–H groups in total. The van der Waals surface area contributed by atoms with Gasteiger partial charge in [0.15, 0.2) is 0 Å². The van der Waals surface area contributed by atoms with E-state index in [9.17, 15) is 18.3 Å². The molecule has 0 spiro atoms. The molecule has 0 radical (unpaired) electrons. The average molecular weight is 332 g/mol. The maximum absolute atomic E-state index is 12.3. The molecule has 8 heteroatoms. The Bertz CT molecular complexity index is 613. The van der Waals surface area contributed by atoms with Crippen molar-refractivity contribution in [1.82, 2.24) is 4.72 Å². The van der Waals surface area contributed by atoms with Gasteiger partial charge < -0.3 is 10.8 Å². The quantitative estimate of drug-likeness (QED) is 0.673. The number of primary amides is 1. The summed E-state index contributed by atoms with van der Waals surface area (Å²) in [4.78, 5) is 11.3. The third kappa shape index (κ3) is 4.44. The number of carbonyl (C=O) groups excluding carboxylic acids is 1. The van der Waals surface area contributed by atoms with Crippen LogP contribution in [-0.2, 0) is 10.0 Å². The van der Waals surface area contributed by atoms with E-state index in [1.54, 1.807) is 20.1 Å². The lowest BCUT2D eigenvalue weighted by molar-refractivity contribution is 0.0999. The number of hydrogen-bond donors (Lipinski definition) is 3. The molecule has 1 aromatic rings. The van der Waals surface area contributed by atoms with Crippen LogP contribution in [0.5, 0.6) is 0 Å². The highest BCUT2D eigenvalue weighted by Crippen LogP contribution is 2.18. The number of aliphatic hydroxyl groups excluding tert-OH is 1. The Morgan fingerprint density at radius 3 is 2.57 bits per heavy atom. The zero-order valence-corrected chi connectivity index (χ0v) is 13.8. The van der Waals surface area contributed by atoms with E-state index in [0.717, 1.165) is 0 Å². The number of thioether (sulfide) groups is 1. The summed E-state index contributed by atoms with van der Waals surface area (Å²) in [6.45, 7) is 3.23. The first kappa shape index (κ1) is 18.0. The molecule has 2 atom stereocenters. The number of hydrogen-bond acceptors (Lipinski definition) is 5. The molecule has 0 heterocycles. The van der Waals surface area contributed by atoms with Crippen LogP contribution in [0.15, 0.2) is 23.1 Å². The fraction of sp³-hybridized carbons (Fsp3) is 0.462. The fourth-order valence-electron chi connectivity index (χ4n) is 1.86. The van der Waals surface area contributed by atoms with Crippen molar-refractivity contribution in [2.24, 2.45) is 5.73 Å². The first-order valence-corrected chi connectivity index (χ1v) is 9.06. The SMILES string of the molecule is CSC(CO)C(C)NS(=O)(=O)c1ccc(C)c(C(N)=O)c1. The van der Waals surface area contributed by atoms with Gasteiger partial charge in [-0.3, -0.25) is 4.79 Å². The second kappa shape index (κ2) is 7.26. The Hall–Kier alpha value is -1.09. The molecule has 0 saturated heterocycles. The van der Waals surface area contributed by atoms with Gasteiger partial charge in [-0.05, 0) is 37.8 Å². The number of rotatable bonds is 7. The molecule has 0 aliphatic carbocycles. The zero-order chi connectivity index (χ0) is 16.2. The third-order valence-corrected chi connectivity index (χ3v) is 5.89. The monoisotopic (exact) mass is 332 g/mol. The molecule has 0 aliphatic heterocycles. The number of sulfonamides is 1. The summed E-state index contributed by atoms with van der Waals surface area (Å²) < 4.78 is 27.1. The van der Waals surface area contributed by atoms with Gasteiger partial charge in [-0.15, -0.1) is 0 Å². The summed E-state index contributed by atoms with van der Waals surface area (Å²) in [7, 11) is -3.78. The van der Waals surface area contributed by atoms with Crippen molar-refractivity contribution in [1.29, 1.82) is 0 Å². The Labute approximate surface area is 129 Å². The minimum Gasteiger partial charge on any atom is -0.395 e. The molecule has 1 aromatic carbocycles. The number of aliphatic hydroxyl groups is 1. The average Bonchev–Trinajstić information content (AvgIpc) is 2.39. The van der Waals surface area contributed by atoms with Crippen LogP contribution in [0.3, 0.4) is 0 Å². The summed E-state index contributed by atoms with van der Waals surface area (Å²) >= 11 is 1.37. The summed E-state index contributed by atoms with van der Waals surface area (Å²) in [6.07, 6.45) is 1.79. The highest BCUT2D eigenvalue weighted by molar-refractivity contribution is 7.99. The Morgan fingerprint density at radius 2 is 2.10 bits per heavy atom. The second-order valence-electron chi connectivity index (χ2n) is 4.71. The van der Waals surface area contributed by atoms with E-state index >= 15 is 0 Å². The van der Waals surface area contributed by atoms with Gasteiger partial charge in [-0.2, -0.15) is 11.8 Å². The van der Waals surface area contributed by atoms with Crippen LogP contribution in [0.2, 0.25) is 0 Å². The zero-order valence-electron chi connectivity index (χ0n) is 12.2. The summed E-state index contributed by atoms with van der Waals surface area (Å²) in [6, 6.07) is 3.77. The van der Waals surface area contributed by atoms with Crippen molar-refractivity contribution < 1.29 is 18.3 Å². The molecule has 1 amide bonds. The van der Waals surface area contributed by atoms with E-state index in [2.05, 4.69) is 4.72 Å². The van der Waals surface area contributed by atoms with E-state index in [4.69, 9.17) is 5.73 Å². The minimum atomic E-state index is -3.78. The molecule has 0 aliphatic rings. The van der Waals surface area contributed by atoms with Crippen molar-refractivity contribution in [2.75, 3.05) is 12.9 Å². The van der Waals surface area contributed by atoms with E-state index in [0.29, 0.717) is 5.56 Å². The summed E-state index contributed by atoms with van der Waals surface area (Å²) in [5.41, 5.74) is 6.02. The van der Waals surface area contributed by atoms with E-state index in [1.165, 1.54) is 30.0 Å². The van der Waals surface area contributed by atoms with Crippen LogP contribution >= 0.6 is 11.8 Å². The van der Waals surface area contributed by atoms with E-state index < -0.39 is 22.0 Å². The molecule has 2 unspecified atom stereocenters. The predicted octanol–water partition coefficient (Wildman–Crippen LogP) is 0.485. The fourth-order valence-corrected chi connectivity index (χ4v) is 3.88. The first-order chi connectivity index (χ1) is 9.72. The van der Waals surface area contributed by atoms with Gasteiger partial charge in [0.25, 0.3) is 0 Å². The lowest BCUT2D eigenvalue weighted by Gasteiger charge is -2.21. The van der Waals surface area contributed by atoms with Gasteiger partial charge in [0, 0.05) is 16.9 Å².